The van der Waals surface area contributed by atoms with E-state index in [0.29, 0.717) is 6.04 Å². The first-order valence-corrected chi connectivity index (χ1v) is 7.96. The van der Waals surface area contributed by atoms with Gasteiger partial charge >= 0.3 is 0 Å². The third-order valence-electron chi connectivity index (χ3n) is 4.68. The van der Waals surface area contributed by atoms with Crippen molar-refractivity contribution in [2.24, 2.45) is 11.7 Å². The molecule has 1 aliphatic rings. The monoisotopic (exact) mass is 355 g/mol. The summed E-state index contributed by atoms with van der Waals surface area (Å²) in [5, 5.41) is 1.28. The summed E-state index contributed by atoms with van der Waals surface area (Å²) in [4.78, 5) is 7.19. The molecular weight excluding hydrogens is 329 g/mol. The summed E-state index contributed by atoms with van der Waals surface area (Å²) >= 11 is 0. The number of pyridine rings is 1. The molecule has 2 heterocycles. The molecule has 3 rings (SSSR count). The third-order valence-corrected chi connectivity index (χ3v) is 4.68. The van der Waals surface area contributed by atoms with Gasteiger partial charge in [-0.3, -0.25) is 9.88 Å². The number of likely N-dealkylation sites (tertiary alicyclic amines) is 1. The average Bonchev–Trinajstić information content (AvgIpc) is 2.48. The maximum absolute atomic E-state index is 6.00. The quantitative estimate of drug-likeness (QED) is 0.906. The van der Waals surface area contributed by atoms with E-state index in [4.69, 9.17) is 5.73 Å². The molecule has 1 aliphatic heterocycles. The summed E-state index contributed by atoms with van der Waals surface area (Å²) in [6.45, 7) is 7.31. The lowest BCUT2D eigenvalue weighted by Crippen LogP contribution is -2.45. The molecule has 2 N–H and O–H groups in total. The second-order valence-corrected chi connectivity index (χ2v) is 6.43. The van der Waals surface area contributed by atoms with Gasteiger partial charge in [-0.15, -0.1) is 24.8 Å². The number of aryl methyl sites for hydroxylation is 1. The van der Waals surface area contributed by atoms with Gasteiger partial charge in [0.05, 0.1) is 5.52 Å². The van der Waals surface area contributed by atoms with Crippen LogP contribution in [0.15, 0.2) is 30.3 Å². The fourth-order valence-corrected chi connectivity index (χ4v) is 3.50. The van der Waals surface area contributed by atoms with E-state index < -0.39 is 0 Å². The molecule has 1 aromatic heterocycles. The highest BCUT2D eigenvalue weighted by Gasteiger charge is 2.25. The molecular formula is C18H27Cl2N3. The Hall–Kier alpha value is -0.870. The van der Waals surface area contributed by atoms with Crippen LogP contribution in [-0.4, -0.2) is 29.0 Å². The molecule has 0 radical (unpaired) electrons. The van der Waals surface area contributed by atoms with Crippen LogP contribution in [0.25, 0.3) is 10.9 Å². The van der Waals surface area contributed by atoms with Gasteiger partial charge in [0.2, 0.25) is 0 Å². The summed E-state index contributed by atoms with van der Waals surface area (Å²) in [6, 6.07) is 11.2. The number of aromatic nitrogens is 1. The minimum absolute atomic E-state index is 0. The number of benzene rings is 1. The fourth-order valence-electron chi connectivity index (χ4n) is 3.50. The second-order valence-electron chi connectivity index (χ2n) is 6.43. The van der Waals surface area contributed by atoms with Crippen molar-refractivity contribution in [3.8, 4) is 0 Å². The van der Waals surface area contributed by atoms with Crippen LogP contribution in [-0.2, 0) is 6.54 Å². The molecule has 0 bridgehead atoms. The lowest BCUT2D eigenvalue weighted by atomic mass is 9.92. The minimum Gasteiger partial charge on any atom is -0.329 e. The molecule has 1 fully saturated rings. The van der Waals surface area contributed by atoms with Crippen LogP contribution >= 0.6 is 24.8 Å². The van der Waals surface area contributed by atoms with Crippen molar-refractivity contribution in [1.29, 1.82) is 0 Å². The van der Waals surface area contributed by atoms with Gasteiger partial charge in [-0.25, -0.2) is 0 Å². The van der Waals surface area contributed by atoms with Crippen LogP contribution in [0.2, 0.25) is 0 Å². The van der Waals surface area contributed by atoms with Crippen molar-refractivity contribution in [3.63, 3.8) is 0 Å². The number of nitrogens with zero attached hydrogens (tertiary/aromatic N) is 2. The Labute approximate surface area is 151 Å². The van der Waals surface area contributed by atoms with Crippen molar-refractivity contribution < 1.29 is 0 Å². The Morgan fingerprint density at radius 1 is 1.26 bits per heavy atom. The lowest BCUT2D eigenvalue weighted by Gasteiger charge is -2.38. The number of hydrogen-bond acceptors (Lipinski definition) is 3. The van der Waals surface area contributed by atoms with Gasteiger partial charge in [-0.2, -0.15) is 0 Å². The lowest BCUT2D eigenvalue weighted by molar-refractivity contribution is 0.115. The summed E-state index contributed by atoms with van der Waals surface area (Å²) in [7, 11) is 0. The van der Waals surface area contributed by atoms with Crippen LogP contribution in [0.5, 0.6) is 0 Å². The molecule has 2 unspecified atom stereocenters. The molecule has 0 saturated carbocycles. The Bertz CT molecular complexity index is 633. The zero-order chi connectivity index (χ0) is 14.8. The van der Waals surface area contributed by atoms with Gasteiger partial charge in [-0.05, 0) is 49.9 Å². The maximum atomic E-state index is 6.00. The van der Waals surface area contributed by atoms with Gasteiger partial charge in [0, 0.05) is 30.2 Å². The first-order valence-electron chi connectivity index (χ1n) is 7.96. The van der Waals surface area contributed by atoms with Crippen LogP contribution < -0.4 is 5.73 Å². The minimum atomic E-state index is 0. The topological polar surface area (TPSA) is 42.1 Å². The largest absolute Gasteiger partial charge is 0.329 e. The first-order chi connectivity index (χ1) is 10.2. The van der Waals surface area contributed by atoms with Crippen LogP contribution in [0.3, 0.4) is 0 Å². The third kappa shape index (κ3) is 4.57. The summed E-state index contributed by atoms with van der Waals surface area (Å²) < 4.78 is 0. The summed E-state index contributed by atoms with van der Waals surface area (Å²) in [5.74, 6) is 0.797. The Kier molecular flexibility index (Phi) is 7.75. The van der Waals surface area contributed by atoms with E-state index >= 15 is 0 Å². The van der Waals surface area contributed by atoms with Gasteiger partial charge in [0.15, 0.2) is 0 Å². The Balaban J connectivity index is 0.00000132. The normalized spacial score (nSPS) is 21.5. The standard InChI is InChI=1S/C18H25N3.2ClH/c1-13-7-8-21(16(9-13)11-19)12-15-10-14(2)20-18-6-4-3-5-17(15)18;;/h3-6,10,13,16H,7-9,11-12,19H2,1-2H3;2*1H. The molecule has 128 valence electrons. The molecule has 2 aromatic rings. The zero-order valence-corrected chi connectivity index (χ0v) is 15.5. The predicted molar refractivity (Wildman–Crippen MR) is 103 cm³/mol. The predicted octanol–water partition coefficient (Wildman–Crippen LogP) is 3.95. The van der Waals surface area contributed by atoms with E-state index in [1.807, 2.05) is 0 Å². The van der Waals surface area contributed by atoms with Gasteiger partial charge < -0.3 is 5.73 Å². The highest BCUT2D eigenvalue weighted by atomic mass is 35.5. The number of nitrogens with two attached hydrogens (primary N) is 1. The number of hydrogen-bond donors (Lipinski definition) is 1. The number of halogens is 2. The highest BCUT2D eigenvalue weighted by molar-refractivity contribution is 5.85. The van der Waals surface area contributed by atoms with Crippen molar-refractivity contribution >= 4 is 35.7 Å². The van der Waals surface area contributed by atoms with E-state index in [1.165, 1.54) is 23.8 Å². The summed E-state index contributed by atoms with van der Waals surface area (Å²) in [6.07, 6.45) is 2.50. The molecule has 1 aromatic carbocycles. The molecule has 5 heteroatoms. The van der Waals surface area contributed by atoms with Crippen molar-refractivity contribution in [3.05, 3.63) is 41.6 Å². The van der Waals surface area contributed by atoms with E-state index in [-0.39, 0.29) is 24.8 Å². The van der Waals surface area contributed by atoms with Crippen molar-refractivity contribution in [2.75, 3.05) is 13.1 Å². The second kappa shape index (κ2) is 8.84. The highest BCUT2D eigenvalue weighted by Crippen LogP contribution is 2.26. The molecule has 0 aliphatic carbocycles. The molecule has 2 atom stereocenters. The Morgan fingerprint density at radius 3 is 2.74 bits per heavy atom. The maximum Gasteiger partial charge on any atom is 0.0708 e. The molecule has 3 nitrogen and oxygen atoms in total. The molecule has 23 heavy (non-hydrogen) atoms. The van der Waals surface area contributed by atoms with E-state index in [1.54, 1.807) is 0 Å². The molecule has 0 spiro atoms. The van der Waals surface area contributed by atoms with Crippen LogP contribution in [0.4, 0.5) is 0 Å². The van der Waals surface area contributed by atoms with E-state index in [9.17, 15) is 0 Å². The van der Waals surface area contributed by atoms with E-state index in [0.717, 1.165) is 36.8 Å². The van der Waals surface area contributed by atoms with Gasteiger partial charge in [0.1, 0.15) is 0 Å². The summed E-state index contributed by atoms with van der Waals surface area (Å²) in [5.41, 5.74) is 9.57. The number of para-hydroxylation sites is 1. The first kappa shape index (κ1) is 20.2. The molecule has 0 amide bonds. The van der Waals surface area contributed by atoms with Crippen molar-refractivity contribution in [1.82, 2.24) is 9.88 Å². The van der Waals surface area contributed by atoms with Crippen LogP contribution in [0.1, 0.15) is 31.0 Å². The zero-order valence-electron chi connectivity index (χ0n) is 13.9. The van der Waals surface area contributed by atoms with Gasteiger partial charge in [0.25, 0.3) is 0 Å². The number of piperidine rings is 1. The van der Waals surface area contributed by atoms with Crippen LogP contribution in [0, 0.1) is 12.8 Å². The smallest absolute Gasteiger partial charge is 0.0708 e. The average molecular weight is 356 g/mol. The molecule has 1 saturated heterocycles. The SMILES string of the molecule is Cc1cc(CN2CCC(C)CC2CN)c2ccccc2n1.Cl.Cl. The fraction of sp³-hybridized carbons (Fsp3) is 0.500. The van der Waals surface area contributed by atoms with E-state index in [2.05, 4.69) is 54.1 Å². The van der Waals surface area contributed by atoms with Gasteiger partial charge in [-0.1, -0.05) is 25.1 Å². The number of rotatable bonds is 3. The van der Waals surface area contributed by atoms with Crippen molar-refractivity contribution in [2.45, 2.75) is 39.3 Å². The Morgan fingerprint density at radius 2 is 2.00 bits per heavy atom. The number of fused-ring (bicyclic) bond motifs is 1.